The molecule has 1 saturated heterocycles. The Morgan fingerprint density at radius 3 is 2.62 bits per heavy atom. The van der Waals surface area contributed by atoms with E-state index in [-0.39, 0.29) is 24.4 Å². The van der Waals surface area contributed by atoms with E-state index in [1.54, 1.807) is 14.2 Å². The Hall–Kier alpha value is -1.50. The third kappa shape index (κ3) is 4.12. The number of carbonyl (C=O) groups excluding carboxylic acids is 1. The van der Waals surface area contributed by atoms with Gasteiger partial charge in [-0.2, -0.15) is 0 Å². The lowest BCUT2D eigenvalue weighted by Gasteiger charge is -2.31. The zero-order chi connectivity index (χ0) is 16.2. The SMILES string of the molecule is COc1cc2c(cc1OC)CN(C(=O)CC1CNCCO1)CC2.Cl. The number of methoxy groups -OCH3 is 2. The third-order valence-corrected chi connectivity index (χ3v) is 4.48. The van der Waals surface area contributed by atoms with Crippen molar-refractivity contribution in [2.24, 2.45) is 0 Å². The Balaban J connectivity index is 0.00000208. The molecule has 1 aromatic carbocycles. The zero-order valence-corrected chi connectivity index (χ0v) is 15.0. The third-order valence-electron chi connectivity index (χ3n) is 4.48. The normalized spacial score (nSPS) is 19.9. The van der Waals surface area contributed by atoms with Crippen molar-refractivity contribution in [3.8, 4) is 11.5 Å². The van der Waals surface area contributed by atoms with Crippen molar-refractivity contribution in [1.82, 2.24) is 10.2 Å². The summed E-state index contributed by atoms with van der Waals surface area (Å²) < 4.78 is 16.3. The van der Waals surface area contributed by atoms with Crippen LogP contribution in [0.1, 0.15) is 17.5 Å². The Labute approximate surface area is 148 Å². The fourth-order valence-corrected chi connectivity index (χ4v) is 3.17. The first-order chi connectivity index (χ1) is 11.2. The van der Waals surface area contributed by atoms with Gasteiger partial charge in [0.1, 0.15) is 0 Å². The molecule has 1 aromatic rings. The molecule has 0 radical (unpaired) electrons. The number of rotatable bonds is 4. The lowest BCUT2D eigenvalue weighted by atomic mass is 9.98. The smallest absolute Gasteiger partial charge is 0.225 e. The fraction of sp³-hybridized carbons (Fsp3) is 0.588. The highest BCUT2D eigenvalue weighted by Crippen LogP contribution is 2.33. The predicted octanol–water partition coefficient (Wildman–Crippen LogP) is 1.39. The fourth-order valence-electron chi connectivity index (χ4n) is 3.17. The summed E-state index contributed by atoms with van der Waals surface area (Å²) in [6, 6.07) is 4.00. The predicted molar refractivity (Wildman–Crippen MR) is 93.1 cm³/mol. The van der Waals surface area contributed by atoms with Crippen molar-refractivity contribution in [2.75, 3.05) is 40.5 Å². The molecule has 1 atom stereocenters. The Morgan fingerprint density at radius 2 is 2.00 bits per heavy atom. The molecule has 3 rings (SSSR count). The molecular weight excluding hydrogens is 332 g/mol. The lowest BCUT2D eigenvalue weighted by Crippen LogP contribution is -2.43. The van der Waals surface area contributed by atoms with E-state index < -0.39 is 0 Å². The number of hydrogen-bond donors (Lipinski definition) is 1. The van der Waals surface area contributed by atoms with Crippen molar-refractivity contribution >= 4 is 18.3 Å². The number of carbonyl (C=O) groups is 1. The van der Waals surface area contributed by atoms with Crippen LogP contribution in [0.5, 0.6) is 11.5 Å². The molecule has 1 amide bonds. The van der Waals surface area contributed by atoms with E-state index in [1.165, 1.54) is 5.56 Å². The second-order valence-corrected chi connectivity index (χ2v) is 5.94. The van der Waals surface area contributed by atoms with Crippen LogP contribution in [0.25, 0.3) is 0 Å². The van der Waals surface area contributed by atoms with Gasteiger partial charge in [0.2, 0.25) is 5.91 Å². The molecule has 2 aliphatic rings. The average Bonchev–Trinajstić information content (AvgIpc) is 2.60. The van der Waals surface area contributed by atoms with Crippen molar-refractivity contribution in [1.29, 1.82) is 0 Å². The number of amides is 1. The number of nitrogens with one attached hydrogen (secondary N) is 1. The standard InChI is InChI=1S/C17H24N2O4.ClH/c1-21-15-7-12-3-5-19(11-13(12)8-16(15)22-2)17(20)9-14-10-18-4-6-23-14;/h7-8,14,18H,3-6,9-11H2,1-2H3;1H. The van der Waals surface area contributed by atoms with E-state index in [4.69, 9.17) is 14.2 Å². The number of halogens is 1. The Morgan fingerprint density at radius 1 is 1.29 bits per heavy atom. The van der Waals surface area contributed by atoms with Gasteiger partial charge in [-0.05, 0) is 29.7 Å². The highest BCUT2D eigenvalue weighted by atomic mass is 35.5. The largest absolute Gasteiger partial charge is 0.493 e. The van der Waals surface area contributed by atoms with Gasteiger partial charge in [0.25, 0.3) is 0 Å². The molecule has 134 valence electrons. The quantitative estimate of drug-likeness (QED) is 0.883. The minimum atomic E-state index is -0.0111. The molecule has 0 spiro atoms. The van der Waals surface area contributed by atoms with E-state index in [0.717, 1.165) is 37.4 Å². The maximum absolute atomic E-state index is 12.5. The van der Waals surface area contributed by atoms with Crippen LogP contribution in [0.4, 0.5) is 0 Å². The molecule has 1 unspecified atom stereocenters. The molecule has 0 bridgehead atoms. The molecule has 2 heterocycles. The van der Waals surface area contributed by atoms with Crippen LogP contribution in [0, 0.1) is 0 Å². The van der Waals surface area contributed by atoms with Crippen molar-refractivity contribution in [2.45, 2.75) is 25.5 Å². The summed E-state index contributed by atoms with van der Waals surface area (Å²) >= 11 is 0. The summed E-state index contributed by atoms with van der Waals surface area (Å²) in [5, 5.41) is 3.26. The Kier molecular flexibility index (Phi) is 6.71. The molecule has 1 fully saturated rings. The molecule has 0 saturated carbocycles. The highest BCUT2D eigenvalue weighted by molar-refractivity contribution is 5.85. The lowest BCUT2D eigenvalue weighted by molar-refractivity contribution is -0.135. The van der Waals surface area contributed by atoms with E-state index in [1.807, 2.05) is 17.0 Å². The molecule has 6 nitrogen and oxygen atoms in total. The maximum atomic E-state index is 12.5. The van der Waals surface area contributed by atoms with Gasteiger partial charge in [-0.1, -0.05) is 0 Å². The number of fused-ring (bicyclic) bond motifs is 1. The summed E-state index contributed by atoms with van der Waals surface area (Å²) in [5.74, 6) is 1.60. The first-order valence-electron chi connectivity index (χ1n) is 8.05. The number of nitrogens with zero attached hydrogens (tertiary/aromatic N) is 1. The second kappa shape index (κ2) is 8.55. The van der Waals surface area contributed by atoms with Gasteiger partial charge in [0.15, 0.2) is 11.5 Å². The maximum Gasteiger partial charge on any atom is 0.225 e. The van der Waals surface area contributed by atoms with E-state index in [0.29, 0.717) is 25.3 Å². The molecule has 0 aromatic heterocycles. The molecule has 0 aliphatic carbocycles. The number of ether oxygens (including phenoxy) is 3. The molecule has 24 heavy (non-hydrogen) atoms. The molecule has 7 heteroatoms. The summed E-state index contributed by atoms with van der Waals surface area (Å²) in [6.45, 7) is 3.65. The van der Waals surface area contributed by atoms with Crippen LogP contribution in [0.2, 0.25) is 0 Å². The Bertz CT molecular complexity index is 576. The van der Waals surface area contributed by atoms with E-state index in [2.05, 4.69) is 5.32 Å². The number of morpholine rings is 1. The topological polar surface area (TPSA) is 60.0 Å². The van der Waals surface area contributed by atoms with Crippen LogP contribution < -0.4 is 14.8 Å². The van der Waals surface area contributed by atoms with Crippen LogP contribution >= 0.6 is 12.4 Å². The van der Waals surface area contributed by atoms with Crippen LogP contribution in [-0.4, -0.2) is 57.4 Å². The summed E-state index contributed by atoms with van der Waals surface area (Å²) in [4.78, 5) is 14.4. The first-order valence-corrected chi connectivity index (χ1v) is 8.05. The molecule has 1 N–H and O–H groups in total. The van der Waals surface area contributed by atoms with Gasteiger partial charge in [0, 0.05) is 26.2 Å². The summed E-state index contributed by atoms with van der Waals surface area (Å²) in [5.41, 5.74) is 2.35. The molecule has 2 aliphatic heterocycles. The van der Waals surface area contributed by atoms with Gasteiger partial charge in [0.05, 0.1) is 33.4 Å². The average molecular weight is 357 g/mol. The van der Waals surface area contributed by atoms with Gasteiger partial charge in [-0.3, -0.25) is 4.79 Å². The highest BCUT2D eigenvalue weighted by Gasteiger charge is 2.25. The van der Waals surface area contributed by atoms with Crippen molar-refractivity contribution < 1.29 is 19.0 Å². The monoisotopic (exact) mass is 356 g/mol. The zero-order valence-electron chi connectivity index (χ0n) is 14.2. The summed E-state index contributed by atoms with van der Waals surface area (Å²) in [7, 11) is 3.27. The van der Waals surface area contributed by atoms with E-state index >= 15 is 0 Å². The van der Waals surface area contributed by atoms with E-state index in [9.17, 15) is 4.79 Å². The minimum Gasteiger partial charge on any atom is -0.493 e. The number of hydrogen-bond acceptors (Lipinski definition) is 5. The van der Waals surface area contributed by atoms with Gasteiger partial charge < -0.3 is 24.4 Å². The first kappa shape index (κ1) is 18.8. The second-order valence-electron chi connectivity index (χ2n) is 5.94. The molecular formula is C17H25ClN2O4. The van der Waals surface area contributed by atoms with Gasteiger partial charge in [-0.25, -0.2) is 0 Å². The van der Waals surface area contributed by atoms with Gasteiger partial charge >= 0.3 is 0 Å². The van der Waals surface area contributed by atoms with Crippen LogP contribution in [-0.2, 0) is 22.5 Å². The van der Waals surface area contributed by atoms with Crippen molar-refractivity contribution in [3.63, 3.8) is 0 Å². The van der Waals surface area contributed by atoms with Crippen LogP contribution in [0.3, 0.4) is 0 Å². The summed E-state index contributed by atoms with van der Waals surface area (Å²) in [6.07, 6.45) is 1.27. The van der Waals surface area contributed by atoms with Crippen molar-refractivity contribution in [3.05, 3.63) is 23.3 Å². The van der Waals surface area contributed by atoms with Gasteiger partial charge in [-0.15, -0.1) is 12.4 Å². The van der Waals surface area contributed by atoms with Crippen LogP contribution in [0.15, 0.2) is 12.1 Å². The number of benzene rings is 1. The minimum absolute atomic E-state index is 0.